The third kappa shape index (κ3) is 3.85. The molecule has 1 amide bonds. The number of amides is 1. The van der Waals surface area contributed by atoms with Crippen LogP contribution in [0, 0.1) is 0 Å². The Hall–Kier alpha value is -2.82. The predicted molar refractivity (Wildman–Crippen MR) is 88.9 cm³/mol. The van der Waals surface area contributed by atoms with E-state index in [0.717, 1.165) is 5.56 Å². The van der Waals surface area contributed by atoms with Crippen LogP contribution in [0.3, 0.4) is 0 Å². The van der Waals surface area contributed by atoms with Crippen molar-refractivity contribution in [3.63, 3.8) is 0 Å². The number of hydrogen-bond acceptors (Lipinski definition) is 4. The summed E-state index contributed by atoms with van der Waals surface area (Å²) in [6, 6.07) is 14.0. The first kappa shape index (κ1) is 15.6. The van der Waals surface area contributed by atoms with E-state index < -0.39 is 0 Å². The zero-order chi connectivity index (χ0) is 15.9. The molecule has 0 atom stereocenters. The second kappa shape index (κ2) is 7.26. The molecule has 0 aliphatic heterocycles. The van der Waals surface area contributed by atoms with Crippen molar-refractivity contribution in [2.45, 2.75) is 6.42 Å². The molecule has 0 aliphatic carbocycles. The van der Waals surface area contributed by atoms with E-state index >= 15 is 0 Å². The lowest BCUT2D eigenvalue weighted by molar-refractivity contribution is 0.0599. The molecule has 0 heterocycles. The van der Waals surface area contributed by atoms with Gasteiger partial charge in [-0.1, -0.05) is 24.3 Å². The average Bonchev–Trinajstić information content (AvgIpc) is 2.54. The summed E-state index contributed by atoms with van der Waals surface area (Å²) < 4.78 is 4.75. The summed E-state index contributed by atoms with van der Waals surface area (Å²) in [5.41, 5.74) is 8.07. The van der Waals surface area contributed by atoms with Gasteiger partial charge in [-0.15, -0.1) is 0 Å². The van der Waals surface area contributed by atoms with Gasteiger partial charge in [0, 0.05) is 20.6 Å². The van der Waals surface area contributed by atoms with Crippen molar-refractivity contribution in [2.24, 2.45) is 0 Å². The minimum atomic E-state index is -0.377. The summed E-state index contributed by atoms with van der Waals surface area (Å²) >= 11 is 0. The van der Waals surface area contributed by atoms with E-state index in [1.807, 2.05) is 12.1 Å². The molecule has 22 heavy (non-hydrogen) atoms. The van der Waals surface area contributed by atoms with E-state index in [4.69, 9.17) is 10.5 Å². The van der Waals surface area contributed by atoms with E-state index in [9.17, 15) is 9.59 Å². The predicted octanol–water partition coefficient (Wildman–Crippen LogP) is 2.52. The summed E-state index contributed by atoms with van der Waals surface area (Å²) in [5, 5.41) is 2.81. The SMILES string of the molecule is COC(=O)c1ccccc1CCNC(=O)c1cccc(N)c1.[HH].[HH]. The molecule has 2 rings (SSSR count). The fourth-order valence-corrected chi connectivity index (χ4v) is 2.14. The Bertz CT molecular complexity index is 693. The van der Waals surface area contributed by atoms with Gasteiger partial charge < -0.3 is 15.8 Å². The van der Waals surface area contributed by atoms with Crippen LogP contribution in [0.1, 0.15) is 29.1 Å². The van der Waals surface area contributed by atoms with Crippen LogP contribution in [-0.2, 0) is 11.2 Å². The third-order valence-electron chi connectivity index (χ3n) is 3.25. The maximum absolute atomic E-state index is 12.0. The highest BCUT2D eigenvalue weighted by Gasteiger charge is 2.11. The number of esters is 1. The molecular formula is C17H22N2O3. The number of methoxy groups -OCH3 is 1. The van der Waals surface area contributed by atoms with E-state index in [2.05, 4.69) is 5.32 Å². The van der Waals surface area contributed by atoms with E-state index in [-0.39, 0.29) is 14.7 Å². The number of anilines is 1. The van der Waals surface area contributed by atoms with Crippen LogP contribution in [0.2, 0.25) is 0 Å². The van der Waals surface area contributed by atoms with Gasteiger partial charge in [-0.3, -0.25) is 4.79 Å². The van der Waals surface area contributed by atoms with Crippen molar-refractivity contribution < 1.29 is 17.2 Å². The van der Waals surface area contributed by atoms with Crippen LogP contribution in [0.4, 0.5) is 5.69 Å². The number of nitrogens with one attached hydrogen (secondary N) is 1. The highest BCUT2D eigenvalue weighted by molar-refractivity contribution is 5.95. The molecule has 0 bridgehead atoms. The fraction of sp³-hybridized carbons (Fsp3) is 0.176. The molecule has 0 fully saturated rings. The fourth-order valence-electron chi connectivity index (χ4n) is 2.14. The molecule has 3 N–H and O–H groups in total. The topological polar surface area (TPSA) is 81.4 Å². The van der Waals surface area contributed by atoms with Crippen molar-refractivity contribution >= 4 is 17.6 Å². The van der Waals surface area contributed by atoms with Gasteiger partial charge in [-0.05, 0) is 36.2 Å². The van der Waals surface area contributed by atoms with Crippen LogP contribution in [0.5, 0.6) is 0 Å². The van der Waals surface area contributed by atoms with Crippen LogP contribution in [0.25, 0.3) is 0 Å². The number of nitrogen functional groups attached to an aromatic ring is 1. The van der Waals surface area contributed by atoms with Gasteiger partial charge >= 0.3 is 5.97 Å². The van der Waals surface area contributed by atoms with Gasteiger partial charge in [0.2, 0.25) is 0 Å². The number of rotatable bonds is 5. The second-order valence-corrected chi connectivity index (χ2v) is 4.78. The van der Waals surface area contributed by atoms with Crippen LogP contribution in [-0.4, -0.2) is 25.5 Å². The molecule has 0 aromatic heterocycles. The molecule has 0 aliphatic rings. The number of hydrogen-bond donors (Lipinski definition) is 2. The van der Waals surface area contributed by atoms with E-state index in [1.165, 1.54) is 7.11 Å². The quantitative estimate of drug-likeness (QED) is 0.657. The monoisotopic (exact) mass is 302 g/mol. The maximum atomic E-state index is 12.0. The van der Waals surface area contributed by atoms with E-state index in [0.29, 0.717) is 29.8 Å². The number of carbonyl (C=O) groups excluding carboxylic acids is 2. The van der Waals surface area contributed by atoms with Crippen molar-refractivity contribution in [1.82, 2.24) is 5.32 Å². The second-order valence-electron chi connectivity index (χ2n) is 4.78. The number of carbonyl (C=O) groups is 2. The lowest BCUT2D eigenvalue weighted by Crippen LogP contribution is -2.26. The Labute approximate surface area is 132 Å². The first-order chi connectivity index (χ1) is 10.6. The molecule has 5 nitrogen and oxygen atoms in total. The maximum Gasteiger partial charge on any atom is 0.338 e. The standard InChI is InChI=1S/C17H18N2O3.2H2/c1-22-17(21)15-8-3-2-5-12(15)9-10-19-16(20)13-6-4-7-14(18)11-13;;/h2-8,11H,9-10,18H2,1H3,(H,19,20);2*1H. The van der Waals surface area contributed by atoms with Gasteiger partial charge in [0.25, 0.3) is 5.91 Å². The summed E-state index contributed by atoms with van der Waals surface area (Å²) in [6.45, 7) is 0.418. The Morgan fingerprint density at radius 2 is 1.95 bits per heavy atom. The third-order valence-corrected chi connectivity index (χ3v) is 3.25. The van der Waals surface area contributed by atoms with Crippen LogP contribution >= 0.6 is 0 Å². The van der Waals surface area contributed by atoms with Crippen LogP contribution < -0.4 is 11.1 Å². The zero-order valence-corrected chi connectivity index (χ0v) is 12.3. The van der Waals surface area contributed by atoms with Crippen LogP contribution in [0.15, 0.2) is 48.5 Å². The van der Waals surface area contributed by atoms with Crippen molar-refractivity contribution in [3.8, 4) is 0 Å². The summed E-state index contributed by atoms with van der Waals surface area (Å²) in [4.78, 5) is 23.7. The lowest BCUT2D eigenvalue weighted by atomic mass is 10.0. The Morgan fingerprint density at radius 3 is 2.68 bits per heavy atom. The summed E-state index contributed by atoms with van der Waals surface area (Å²) in [7, 11) is 1.35. The number of nitrogens with two attached hydrogens (primary N) is 1. The Morgan fingerprint density at radius 1 is 1.18 bits per heavy atom. The largest absolute Gasteiger partial charge is 0.465 e. The lowest BCUT2D eigenvalue weighted by Gasteiger charge is -2.09. The molecule has 2 aromatic rings. The first-order valence-corrected chi connectivity index (χ1v) is 6.92. The molecule has 118 valence electrons. The highest BCUT2D eigenvalue weighted by Crippen LogP contribution is 2.11. The zero-order valence-electron chi connectivity index (χ0n) is 12.3. The molecule has 5 heteroatoms. The van der Waals surface area contributed by atoms with Crippen molar-refractivity contribution in [1.29, 1.82) is 0 Å². The van der Waals surface area contributed by atoms with Gasteiger partial charge in [0.15, 0.2) is 0 Å². The van der Waals surface area contributed by atoms with Gasteiger partial charge in [-0.25, -0.2) is 4.79 Å². The average molecular weight is 302 g/mol. The molecule has 0 radical (unpaired) electrons. The molecule has 0 unspecified atom stereocenters. The number of benzene rings is 2. The van der Waals surface area contributed by atoms with Crippen molar-refractivity contribution in [3.05, 3.63) is 65.2 Å². The van der Waals surface area contributed by atoms with Gasteiger partial charge in [-0.2, -0.15) is 0 Å². The molecular weight excluding hydrogens is 280 g/mol. The van der Waals surface area contributed by atoms with E-state index in [1.54, 1.807) is 36.4 Å². The highest BCUT2D eigenvalue weighted by atomic mass is 16.5. The molecule has 2 aromatic carbocycles. The molecule has 0 saturated heterocycles. The molecule has 0 spiro atoms. The summed E-state index contributed by atoms with van der Waals surface area (Å²) in [6.07, 6.45) is 0.541. The first-order valence-electron chi connectivity index (χ1n) is 6.92. The minimum absolute atomic E-state index is 0. The van der Waals surface area contributed by atoms with Gasteiger partial charge in [0.1, 0.15) is 0 Å². The normalized spacial score (nSPS) is 10.0. The molecule has 0 saturated carbocycles. The smallest absolute Gasteiger partial charge is 0.338 e. The van der Waals surface area contributed by atoms with Crippen molar-refractivity contribution in [2.75, 3.05) is 19.4 Å². The summed E-state index contributed by atoms with van der Waals surface area (Å²) in [5.74, 6) is -0.569. The van der Waals surface area contributed by atoms with Gasteiger partial charge in [0.05, 0.1) is 12.7 Å². The minimum Gasteiger partial charge on any atom is -0.465 e. The Kier molecular flexibility index (Phi) is 5.14. The Balaban J connectivity index is 0.00000264. The number of ether oxygens (including phenoxy) is 1.